The van der Waals surface area contributed by atoms with E-state index in [1.165, 1.54) is 34.3 Å². The molecule has 2 aliphatic rings. The quantitative estimate of drug-likeness (QED) is 0.746. The zero-order chi connectivity index (χ0) is 17.9. The summed E-state index contributed by atoms with van der Waals surface area (Å²) < 4.78 is 16.7. The van der Waals surface area contributed by atoms with Crippen LogP contribution in [0.3, 0.4) is 0 Å². The van der Waals surface area contributed by atoms with Gasteiger partial charge in [-0.05, 0) is 71.4 Å². The van der Waals surface area contributed by atoms with E-state index in [9.17, 15) is 0 Å². The van der Waals surface area contributed by atoms with Crippen LogP contribution in [0.1, 0.15) is 36.5 Å². The zero-order valence-electron chi connectivity index (χ0n) is 15.3. The third-order valence-corrected chi connectivity index (χ3v) is 5.25. The van der Waals surface area contributed by atoms with Gasteiger partial charge in [0.2, 0.25) is 0 Å². The standard InChI is InChI=1S/C23H24O3/c1-24-19-10-6-16(7-11-19)14-18-4-3-5-21-22(18)15-26-23(21)17-8-12-20(25-2)13-9-17/h6-14,23H,3-5,15H2,1-2H3/b18-14-/t23-/m1/s1. The first kappa shape index (κ1) is 16.9. The van der Waals surface area contributed by atoms with Crippen molar-refractivity contribution in [1.29, 1.82) is 0 Å². The third-order valence-electron chi connectivity index (χ3n) is 5.25. The summed E-state index contributed by atoms with van der Waals surface area (Å²) in [4.78, 5) is 0. The minimum Gasteiger partial charge on any atom is -0.497 e. The van der Waals surface area contributed by atoms with Gasteiger partial charge in [0, 0.05) is 0 Å². The summed E-state index contributed by atoms with van der Waals surface area (Å²) in [6.07, 6.45) is 5.79. The Bertz CT molecular complexity index is 829. The molecule has 4 rings (SSSR count). The fourth-order valence-electron chi connectivity index (χ4n) is 3.86. The van der Waals surface area contributed by atoms with E-state index in [1.54, 1.807) is 14.2 Å². The second-order valence-corrected chi connectivity index (χ2v) is 6.76. The van der Waals surface area contributed by atoms with Crippen LogP contribution in [-0.2, 0) is 4.74 Å². The topological polar surface area (TPSA) is 27.7 Å². The first-order valence-electron chi connectivity index (χ1n) is 9.11. The number of methoxy groups -OCH3 is 2. The van der Waals surface area contributed by atoms with E-state index in [1.807, 2.05) is 24.3 Å². The van der Waals surface area contributed by atoms with Crippen LogP contribution >= 0.6 is 0 Å². The maximum absolute atomic E-state index is 6.19. The molecule has 3 heteroatoms. The highest BCUT2D eigenvalue weighted by Gasteiger charge is 2.31. The van der Waals surface area contributed by atoms with Crippen molar-refractivity contribution in [3.8, 4) is 11.5 Å². The van der Waals surface area contributed by atoms with Gasteiger partial charge in [-0.25, -0.2) is 0 Å². The van der Waals surface area contributed by atoms with Crippen LogP contribution in [0.15, 0.2) is 65.3 Å². The van der Waals surface area contributed by atoms with E-state index in [2.05, 4.69) is 30.3 Å². The van der Waals surface area contributed by atoms with E-state index in [4.69, 9.17) is 14.2 Å². The summed E-state index contributed by atoms with van der Waals surface area (Å²) in [5.74, 6) is 1.77. The van der Waals surface area contributed by atoms with Crippen LogP contribution in [0.25, 0.3) is 6.08 Å². The van der Waals surface area contributed by atoms with Crippen molar-refractivity contribution >= 4 is 6.08 Å². The number of hydrogen-bond acceptors (Lipinski definition) is 3. The minimum absolute atomic E-state index is 0.0791. The highest BCUT2D eigenvalue weighted by atomic mass is 16.5. The molecule has 2 aromatic carbocycles. The second-order valence-electron chi connectivity index (χ2n) is 6.76. The molecular weight excluding hydrogens is 324 g/mol. The number of hydrogen-bond donors (Lipinski definition) is 0. The van der Waals surface area contributed by atoms with Gasteiger partial charge in [-0.1, -0.05) is 30.3 Å². The first-order valence-corrected chi connectivity index (χ1v) is 9.11. The van der Waals surface area contributed by atoms with Crippen molar-refractivity contribution in [2.24, 2.45) is 0 Å². The maximum Gasteiger partial charge on any atom is 0.118 e. The molecule has 1 heterocycles. The smallest absolute Gasteiger partial charge is 0.118 e. The minimum atomic E-state index is 0.0791. The van der Waals surface area contributed by atoms with Gasteiger partial charge >= 0.3 is 0 Å². The SMILES string of the molecule is COc1ccc(/C=C2/CCCC3=C2CO[C@@H]3c2ccc(OC)cc2)cc1. The molecule has 0 radical (unpaired) electrons. The molecule has 0 N–H and O–H groups in total. The Kier molecular flexibility index (Phi) is 4.81. The number of ether oxygens (including phenoxy) is 3. The molecule has 0 amide bonds. The molecule has 0 saturated heterocycles. The fourth-order valence-corrected chi connectivity index (χ4v) is 3.86. The van der Waals surface area contributed by atoms with Gasteiger partial charge in [-0.15, -0.1) is 0 Å². The van der Waals surface area contributed by atoms with Gasteiger partial charge in [0.1, 0.15) is 17.6 Å². The van der Waals surface area contributed by atoms with Crippen molar-refractivity contribution in [3.05, 3.63) is 76.4 Å². The molecule has 0 aromatic heterocycles. The Hall–Kier alpha value is -2.52. The molecule has 2 aromatic rings. The molecule has 0 bridgehead atoms. The van der Waals surface area contributed by atoms with Crippen LogP contribution in [0.5, 0.6) is 11.5 Å². The molecule has 3 nitrogen and oxygen atoms in total. The van der Waals surface area contributed by atoms with Gasteiger partial charge in [0.05, 0.1) is 20.8 Å². The molecule has 1 aliphatic heterocycles. The van der Waals surface area contributed by atoms with Crippen LogP contribution in [-0.4, -0.2) is 20.8 Å². The van der Waals surface area contributed by atoms with Gasteiger partial charge in [0.15, 0.2) is 0 Å². The van der Waals surface area contributed by atoms with Gasteiger partial charge in [-0.2, -0.15) is 0 Å². The monoisotopic (exact) mass is 348 g/mol. The van der Waals surface area contributed by atoms with E-state index < -0.39 is 0 Å². The summed E-state index contributed by atoms with van der Waals surface area (Å²) in [7, 11) is 3.39. The second kappa shape index (κ2) is 7.38. The molecule has 1 atom stereocenters. The Labute approximate surface area is 154 Å². The summed E-state index contributed by atoms with van der Waals surface area (Å²) >= 11 is 0. The molecule has 0 unspecified atom stereocenters. The zero-order valence-corrected chi connectivity index (χ0v) is 15.3. The molecule has 1 aliphatic carbocycles. The average molecular weight is 348 g/mol. The van der Waals surface area contributed by atoms with Crippen molar-refractivity contribution < 1.29 is 14.2 Å². The molecular formula is C23H24O3. The Morgan fingerprint density at radius 3 is 2.19 bits per heavy atom. The normalized spacial score (nSPS) is 21.0. The summed E-state index contributed by atoms with van der Waals surface area (Å²) in [6.45, 7) is 0.702. The lowest BCUT2D eigenvalue weighted by Crippen LogP contribution is -2.04. The highest BCUT2D eigenvalue weighted by molar-refractivity contribution is 5.62. The molecule has 26 heavy (non-hydrogen) atoms. The molecule has 134 valence electrons. The van der Waals surface area contributed by atoms with Crippen LogP contribution in [0.2, 0.25) is 0 Å². The molecule has 0 saturated carbocycles. The van der Waals surface area contributed by atoms with Crippen molar-refractivity contribution in [2.75, 3.05) is 20.8 Å². The molecule has 0 fully saturated rings. The van der Waals surface area contributed by atoms with Crippen LogP contribution < -0.4 is 9.47 Å². The highest BCUT2D eigenvalue weighted by Crippen LogP contribution is 2.44. The lowest BCUT2D eigenvalue weighted by Gasteiger charge is -2.20. The van der Waals surface area contributed by atoms with Gasteiger partial charge in [-0.3, -0.25) is 0 Å². The third kappa shape index (κ3) is 3.27. The molecule has 0 spiro atoms. The van der Waals surface area contributed by atoms with Gasteiger partial charge in [0.25, 0.3) is 0 Å². The van der Waals surface area contributed by atoms with Crippen molar-refractivity contribution in [1.82, 2.24) is 0 Å². The Morgan fingerprint density at radius 2 is 1.54 bits per heavy atom. The Morgan fingerprint density at radius 1 is 0.885 bits per heavy atom. The van der Waals surface area contributed by atoms with E-state index >= 15 is 0 Å². The van der Waals surface area contributed by atoms with Crippen molar-refractivity contribution in [2.45, 2.75) is 25.4 Å². The maximum atomic E-state index is 6.19. The average Bonchev–Trinajstić information content (AvgIpc) is 3.14. The van der Waals surface area contributed by atoms with Crippen LogP contribution in [0, 0.1) is 0 Å². The van der Waals surface area contributed by atoms with Crippen molar-refractivity contribution in [3.63, 3.8) is 0 Å². The fraction of sp³-hybridized carbons (Fsp3) is 0.304. The predicted molar refractivity (Wildman–Crippen MR) is 104 cm³/mol. The summed E-state index contributed by atoms with van der Waals surface area (Å²) in [5.41, 5.74) is 6.67. The number of benzene rings is 2. The predicted octanol–water partition coefficient (Wildman–Crippen LogP) is 5.34. The largest absolute Gasteiger partial charge is 0.497 e. The van der Waals surface area contributed by atoms with Crippen LogP contribution in [0.4, 0.5) is 0 Å². The van der Waals surface area contributed by atoms with E-state index in [0.29, 0.717) is 6.61 Å². The van der Waals surface area contributed by atoms with E-state index in [0.717, 1.165) is 24.3 Å². The lowest BCUT2D eigenvalue weighted by molar-refractivity contribution is 0.120. The summed E-state index contributed by atoms with van der Waals surface area (Å²) in [5, 5.41) is 0. The lowest BCUT2D eigenvalue weighted by atomic mass is 9.84. The Balaban J connectivity index is 1.62. The summed E-state index contributed by atoms with van der Waals surface area (Å²) in [6, 6.07) is 16.5. The van der Waals surface area contributed by atoms with E-state index in [-0.39, 0.29) is 6.10 Å². The van der Waals surface area contributed by atoms with Gasteiger partial charge < -0.3 is 14.2 Å². The first-order chi connectivity index (χ1) is 12.8. The number of rotatable bonds is 4.